The monoisotopic (exact) mass is 189 g/mol. The smallest absolute Gasteiger partial charge is 0.0905 e. The molecule has 0 amide bonds. The van der Waals surface area contributed by atoms with Crippen LogP contribution in [0.3, 0.4) is 0 Å². The Balaban J connectivity index is 3.06. The van der Waals surface area contributed by atoms with Crippen molar-refractivity contribution < 1.29 is 0 Å². The van der Waals surface area contributed by atoms with Gasteiger partial charge in [-0.2, -0.15) is 11.8 Å². The zero-order valence-corrected chi connectivity index (χ0v) is 8.73. The number of amidine groups is 1. The number of hydrogen-bond donors (Lipinski definition) is 2. The zero-order valence-electron chi connectivity index (χ0n) is 7.92. The van der Waals surface area contributed by atoms with Gasteiger partial charge in [0.1, 0.15) is 0 Å². The minimum Gasteiger partial charge on any atom is -0.388 e. The van der Waals surface area contributed by atoms with Gasteiger partial charge in [0.2, 0.25) is 0 Å². The number of aliphatic imine (C=N–C) groups is 1. The molecule has 0 spiro atoms. The Labute approximate surface area is 79.0 Å². The van der Waals surface area contributed by atoms with E-state index in [-0.39, 0.29) is 0 Å². The second kappa shape index (κ2) is 7.43. The lowest BCUT2D eigenvalue weighted by Crippen LogP contribution is -2.15. The highest BCUT2D eigenvalue weighted by molar-refractivity contribution is 7.99. The fourth-order valence-electron chi connectivity index (χ4n) is 0.658. The summed E-state index contributed by atoms with van der Waals surface area (Å²) in [6.45, 7) is 4.67. The molecule has 0 aliphatic heterocycles. The standard InChI is InChI=1S/C8H19N3S/c1-7(9)3-5-12-6-4-11-8(2)10/h7H,3-6,9H2,1-2H3,(H2,10,11)/t7-/m1/s1. The van der Waals surface area contributed by atoms with Gasteiger partial charge in [-0.05, 0) is 26.0 Å². The van der Waals surface area contributed by atoms with Crippen molar-refractivity contribution in [3.05, 3.63) is 0 Å². The summed E-state index contributed by atoms with van der Waals surface area (Å²) < 4.78 is 0. The van der Waals surface area contributed by atoms with Gasteiger partial charge in [0.05, 0.1) is 5.84 Å². The molecule has 0 rings (SSSR count). The van der Waals surface area contributed by atoms with Gasteiger partial charge in [0.25, 0.3) is 0 Å². The molecule has 0 aliphatic rings. The summed E-state index contributed by atoms with van der Waals surface area (Å²) in [5, 5.41) is 0. The molecule has 0 radical (unpaired) electrons. The second-order valence-corrected chi connectivity index (χ2v) is 4.13. The second-order valence-electron chi connectivity index (χ2n) is 2.90. The molecular weight excluding hydrogens is 170 g/mol. The molecule has 0 fully saturated rings. The Morgan fingerprint density at radius 3 is 2.67 bits per heavy atom. The topological polar surface area (TPSA) is 64.4 Å². The van der Waals surface area contributed by atoms with Crippen LogP contribution in [0.1, 0.15) is 20.3 Å². The average Bonchev–Trinajstić information content (AvgIpc) is 1.95. The summed E-state index contributed by atoms with van der Waals surface area (Å²) >= 11 is 1.88. The summed E-state index contributed by atoms with van der Waals surface area (Å²) in [7, 11) is 0. The minimum atomic E-state index is 0.317. The van der Waals surface area contributed by atoms with Crippen LogP contribution in [0.15, 0.2) is 4.99 Å². The van der Waals surface area contributed by atoms with Gasteiger partial charge >= 0.3 is 0 Å². The molecule has 0 bridgehead atoms. The van der Waals surface area contributed by atoms with Crippen molar-refractivity contribution in [3.63, 3.8) is 0 Å². The van der Waals surface area contributed by atoms with Gasteiger partial charge in [-0.25, -0.2) is 0 Å². The molecule has 72 valence electrons. The predicted molar refractivity (Wildman–Crippen MR) is 57.8 cm³/mol. The van der Waals surface area contributed by atoms with Crippen molar-refractivity contribution in [2.24, 2.45) is 16.5 Å². The minimum absolute atomic E-state index is 0.317. The van der Waals surface area contributed by atoms with Gasteiger partial charge in [-0.15, -0.1) is 0 Å². The summed E-state index contributed by atoms with van der Waals surface area (Å²) in [4.78, 5) is 4.08. The van der Waals surface area contributed by atoms with Crippen molar-refractivity contribution in [1.29, 1.82) is 0 Å². The number of thioether (sulfide) groups is 1. The van der Waals surface area contributed by atoms with E-state index in [1.54, 1.807) is 0 Å². The molecule has 0 aliphatic carbocycles. The first-order valence-corrected chi connectivity index (χ1v) is 5.38. The quantitative estimate of drug-likeness (QED) is 0.369. The van der Waals surface area contributed by atoms with Crippen LogP contribution in [0.5, 0.6) is 0 Å². The van der Waals surface area contributed by atoms with E-state index in [1.807, 2.05) is 25.6 Å². The molecule has 0 heterocycles. The van der Waals surface area contributed by atoms with E-state index in [0.717, 1.165) is 24.5 Å². The summed E-state index contributed by atoms with van der Waals surface area (Å²) in [6.07, 6.45) is 1.08. The van der Waals surface area contributed by atoms with E-state index in [0.29, 0.717) is 11.9 Å². The highest BCUT2D eigenvalue weighted by Gasteiger charge is 1.93. The third-order valence-corrected chi connectivity index (χ3v) is 2.31. The maximum Gasteiger partial charge on any atom is 0.0905 e. The van der Waals surface area contributed by atoms with E-state index in [4.69, 9.17) is 11.5 Å². The molecule has 0 aromatic rings. The Morgan fingerprint density at radius 1 is 1.50 bits per heavy atom. The molecule has 12 heavy (non-hydrogen) atoms. The Kier molecular flexibility index (Phi) is 7.29. The maximum absolute atomic E-state index is 5.59. The molecule has 4 N–H and O–H groups in total. The molecular formula is C8H19N3S. The first kappa shape index (κ1) is 11.8. The van der Waals surface area contributed by atoms with Crippen molar-refractivity contribution in [3.8, 4) is 0 Å². The molecule has 1 atom stereocenters. The molecule has 0 aromatic carbocycles. The lowest BCUT2D eigenvalue weighted by atomic mass is 10.3. The van der Waals surface area contributed by atoms with Crippen LogP contribution in [0, 0.1) is 0 Å². The van der Waals surface area contributed by atoms with Gasteiger partial charge in [-0.3, -0.25) is 4.99 Å². The Hall–Kier alpha value is -0.220. The lowest BCUT2D eigenvalue weighted by Gasteiger charge is -2.02. The van der Waals surface area contributed by atoms with Crippen molar-refractivity contribution >= 4 is 17.6 Å². The van der Waals surface area contributed by atoms with Crippen LogP contribution in [-0.2, 0) is 0 Å². The highest BCUT2D eigenvalue weighted by Crippen LogP contribution is 2.03. The predicted octanol–water partition coefficient (Wildman–Crippen LogP) is 0.834. The van der Waals surface area contributed by atoms with Crippen molar-refractivity contribution in [2.45, 2.75) is 26.3 Å². The van der Waals surface area contributed by atoms with Crippen molar-refractivity contribution in [1.82, 2.24) is 0 Å². The van der Waals surface area contributed by atoms with Crippen LogP contribution in [-0.4, -0.2) is 29.9 Å². The molecule has 0 aromatic heterocycles. The first-order valence-electron chi connectivity index (χ1n) is 4.22. The summed E-state index contributed by atoms with van der Waals surface area (Å²) in [5.41, 5.74) is 11.0. The van der Waals surface area contributed by atoms with Gasteiger partial charge < -0.3 is 11.5 Å². The molecule has 3 nitrogen and oxygen atoms in total. The fourth-order valence-corrected chi connectivity index (χ4v) is 1.62. The Bertz CT molecular complexity index is 130. The number of nitrogens with zero attached hydrogens (tertiary/aromatic N) is 1. The van der Waals surface area contributed by atoms with Crippen LogP contribution < -0.4 is 11.5 Å². The van der Waals surface area contributed by atoms with E-state index in [1.165, 1.54) is 0 Å². The molecule has 0 saturated heterocycles. The SMILES string of the molecule is CC(N)=NCCSCC[C@@H](C)N. The molecule has 0 unspecified atom stereocenters. The van der Waals surface area contributed by atoms with E-state index >= 15 is 0 Å². The summed E-state index contributed by atoms with van der Waals surface area (Å²) in [6, 6.07) is 0.317. The van der Waals surface area contributed by atoms with Gasteiger partial charge in [0, 0.05) is 18.3 Å². The maximum atomic E-state index is 5.59. The highest BCUT2D eigenvalue weighted by atomic mass is 32.2. The van der Waals surface area contributed by atoms with Crippen LogP contribution in [0.2, 0.25) is 0 Å². The van der Waals surface area contributed by atoms with Crippen LogP contribution in [0.25, 0.3) is 0 Å². The lowest BCUT2D eigenvalue weighted by molar-refractivity contribution is 0.721. The zero-order chi connectivity index (χ0) is 9.40. The van der Waals surface area contributed by atoms with Gasteiger partial charge in [0.15, 0.2) is 0 Å². The Morgan fingerprint density at radius 2 is 2.17 bits per heavy atom. The van der Waals surface area contributed by atoms with Gasteiger partial charge in [-0.1, -0.05) is 0 Å². The van der Waals surface area contributed by atoms with Crippen molar-refractivity contribution in [2.75, 3.05) is 18.1 Å². The van der Waals surface area contributed by atoms with E-state index < -0.39 is 0 Å². The molecule has 0 saturated carbocycles. The normalized spacial score (nSPS) is 14.8. The number of hydrogen-bond acceptors (Lipinski definition) is 3. The number of rotatable bonds is 6. The third-order valence-electron chi connectivity index (χ3n) is 1.31. The fraction of sp³-hybridized carbons (Fsp3) is 0.875. The number of nitrogens with two attached hydrogens (primary N) is 2. The van der Waals surface area contributed by atoms with Crippen LogP contribution in [0.4, 0.5) is 0 Å². The largest absolute Gasteiger partial charge is 0.388 e. The average molecular weight is 189 g/mol. The van der Waals surface area contributed by atoms with Crippen LogP contribution >= 0.6 is 11.8 Å². The van der Waals surface area contributed by atoms with E-state index in [9.17, 15) is 0 Å². The van der Waals surface area contributed by atoms with E-state index in [2.05, 4.69) is 4.99 Å². The molecule has 4 heteroatoms. The third kappa shape index (κ3) is 9.78. The first-order chi connectivity index (χ1) is 5.63. The summed E-state index contributed by atoms with van der Waals surface area (Å²) in [5.74, 6) is 2.83.